The second-order valence-electron chi connectivity index (χ2n) is 5.94. The van der Waals surface area contributed by atoms with Crippen LogP contribution in [0, 0.1) is 17.5 Å². The Kier molecular flexibility index (Phi) is 5.20. The normalized spacial score (nSPS) is 18.7. The van der Waals surface area contributed by atoms with Crippen molar-refractivity contribution in [3.63, 3.8) is 0 Å². The fourth-order valence-corrected chi connectivity index (χ4v) is 2.96. The lowest BCUT2D eigenvalue weighted by Gasteiger charge is -2.20. The third-order valence-corrected chi connectivity index (χ3v) is 4.21. The molecule has 1 saturated heterocycles. The molecule has 2 atom stereocenters. The van der Waals surface area contributed by atoms with Crippen molar-refractivity contribution >= 4 is 17.6 Å². The summed E-state index contributed by atoms with van der Waals surface area (Å²) >= 11 is 0. The Morgan fingerprint density at radius 2 is 1.89 bits per heavy atom. The number of hydrogen-bond donors (Lipinski definition) is 3. The van der Waals surface area contributed by atoms with E-state index in [1.165, 1.54) is 25.3 Å². The number of rotatable bonds is 4. The Morgan fingerprint density at radius 3 is 2.52 bits per heavy atom. The molecule has 142 valence electrons. The highest BCUT2D eigenvalue weighted by atomic mass is 19.1. The lowest BCUT2D eigenvalue weighted by Crippen LogP contribution is -2.45. The second-order valence-corrected chi connectivity index (χ2v) is 5.94. The van der Waals surface area contributed by atoms with E-state index in [2.05, 4.69) is 16.0 Å². The highest BCUT2D eigenvalue weighted by Gasteiger charge is 2.40. The Balaban J connectivity index is 1.80. The Bertz CT molecular complexity index is 868. The van der Waals surface area contributed by atoms with Crippen molar-refractivity contribution in [3.8, 4) is 5.75 Å². The molecule has 3 amide bonds. The first-order valence-electron chi connectivity index (χ1n) is 8.02. The van der Waals surface area contributed by atoms with Gasteiger partial charge in [-0.15, -0.1) is 0 Å². The summed E-state index contributed by atoms with van der Waals surface area (Å²) in [6.45, 7) is -0.0517. The van der Waals surface area contributed by atoms with E-state index in [1.807, 2.05) is 0 Å². The van der Waals surface area contributed by atoms with Crippen molar-refractivity contribution in [1.82, 2.24) is 10.6 Å². The zero-order valence-electron chi connectivity index (χ0n) is 14.2. The van der Waals surface area contributed by atoms with Crippen LogP contribution in [0.4, 0.5) is 23.7 Å². The number of nitrogens with one attached hydrogen (secondary N) is 3. The standard InChI is InChI=1S/C18H16F3N3O3/c1-27-11-6-13(20)15(14(21)7-11)12-8-22-17(25)16(12)24-18(26)23-10-4-2-3-9(19)5-10/h2-7,12,16H,8H2,1H3,(H,22,25)(H2,23,24,26)/t12-,16-/m0/s1. The van der Waals surface area contributed by atoms with Crippen molar-refractivity contribution in [2.45, 2.75) is 12.0 Å². The molecule has 3 N–H and O–H groups in total. The predicted molar refractivity (Wildman–Crippen MR) is 91.0 cm³/mol. The molecule has 9 heteroatoms. The lowest BCUT2D eigenvalue weighted by atomic mass is 9.93. The van der Waals surface area contributed by atoms with Gasteiger partial charge in [0.05, 0.1) is 7.11 Å². The highest BCUT2D eigenvalue weighted by molar-refractivity contribution is 5.95. The second kappa shape index (κ2) is 7.56. The average Bonchev–Trinajstić information content (AvgIpc) is 2.95. The largest absolute Gasteiger partial charge is 0.497 e. The van der Waals surface area contributed by atoms with E-state index in [4.69, 9.17) is 4.74 Å². The fourth-order valence-electron chi connectivity index (χ4n) is 2.96. The zero-order chi connectivity index (χ0) is 19.6. The molecule has 0 unspecified atom stereocenters. The summed E-state index contributed by atoms with van der Waals surface area (Å²) in [5, 5.41) is 7.22. The number of urea groups is 1. The monoisotopic (exact) mass is 379 g/mol. The molecule has 1 heterocycles. The summed E-state index contributed by atoms with van der Waals surface area (Å²) in [6, 6.07) is 5.16. The molecule has 2 aromatic rings. The van der Waals surface area contributed by atoms with Crippen LogP contribution in [0.1, 0.15) is 11.5 Å². The predicted octanol–water partition coefficient (Wildman–Crippen LogP) is 2.52. The molecule has 0 aromatic heterocycles. The smallest absolute Gasteiger partial charge is 0.319 e. The van der Waals surface area contributed by atoms with Crippen molar-refractivity contribution in [1.29, 1.82) is 0 Å². The van der Waals surface area contributed by atoms with Gasteiger partial charge >= 0.3 is 6.03 Å². The summed E-state index contributed by atoms with van der Waals surface area (Å²) in [5.74, 6) is -3.85. The molecular weight excluding hydrogens is 363 g/mol. The molecule has 0 saturated carbocycles. The first-order chi connectivity index (χ1) is 12.9. The van der Waals surface area contributed by atoms with Crippen molar-refractivity contribution < 1.29 is 27.5 Å². The van der Waals surface area contributed by atoms with Gasteiger partial charge in [-0.05, 0) is 18.2 Å². The quantitative estimate of drug-likeness (QED) is 0.764. The Morgan fingerprint density at radius 1 is 1.19 bits per heavy atom. The van der Waals surface area contributed by atoms with E-state index in [0.29, 0.717) is 0 Å². The third kappa shape index (κ3) is 3.97. The van der Waals surface area contributed by atoms with Gasteiger partial charge in [0.25, 0.3) is 0 Å². The summed E-state index contributed by atoms with van der Waals surface area (Å²) in [5.41, 5.74) is -0.158. The summed E-state index contributed by atoms with van der Waals surface area (Å²) < 4.78 is 46.7. The molecular formula is C18H16F3N3O3. The first kappa shape index (κ1) is 18.6. The number of carbonyl (C=O) groups excluding carboxylic acids is 2. The number of anilines is 1. The van der Waals surface area contributed by atoms with Crippen molar-refractivity contribution in [3.05, 3.63) is 59.4 Å². The minimum Gasteiger partial charge on any atom is -0.497 e. The Labute approximate surface area is 152 Å². The number of methoxy groups -OCH3 is 1. The van der Waals surface area contributed by atoms with E-state index in [9.17, 15) is 22.8 Å². The van der Waals surface area contributed by atoms with Crippen LogP contribution in [-0.2, 0) is 4.79 Å². The maximum atomic E-state index is 14.3. The van der Waals surface area contributed by atoms with Crippen LogP contribution in [0.2, 0.25) is 0 Å². The van der Waals surface area contributed by atoms with E-state index in [-0.39, 0.29) is 23.5 Å². The van der Waals surface area contributed by atoms with Gasteiger partial charge in [-0.1, -0.05) is 6.07 Å². The maximum absolute atomic E-state index is 14.3. The van der Waals surface area contributed by atoms with Crippen LogP contribution in [0.3, 0.4) is 0 Å². The summed E-state index contributed by atoms with van der Waals surface area (Å²) in [6.07, 6.45) is 0. The van der Waals surface area contributed by atoms with Gasteiger partial charge in [-0.25, -0.2) is 18.0 Å². The van der Waals surface area contributed by atoms with Crippen LogP contribution in [0.15, 0.2) is 36.4 Å². The van der Waals surface area contributed by atoms with Gasteiger partial charge in [0.1, 0.15) is 29.2 Å². The minimum atomic E-state index is -1.20. The van der Waals surface area contributed by atoms with Crippen LogP contribution < -0.4 is 20.7 Å². The van der Waals surface area contributed by atoms with Crippen LogP contribution in [-0.4, -0.2) is 31.6 Å². The number of amides is 3. The van der Waals surface area contributed by atoms with E-state index >= 15 is 0 Å². The molecule has 6 nitrogen and oxygen atoms in total. The van der Waals surface area contributed by atoms with Gasteiger partial charge in [0, 0.05) is 35.8 Å². The van der Waals surface area contributed by atoms with Crippen molar-refractivity contribution in [2.75, 3.05) is 19.0 Å². The fraction of sp³-hybridized carbons (Fsp3) is 0.222. The van der Waals surface area contributed by atoms with Gasteiger partial charge in [0.2, 0.25) is 5.91 Å². The molecule has 2 aromatic carbocycles. The zero-order valence-corrected chi connectivity index (χ0v) is 14.2. The van der Waals surface area contributed by atoms with Gasteiger partial charge < -0.3 is 20.7 Å². The van der Waals surface area contributed by atoms with E-state index in [1.54, 1.807) is 0 Å². The lowest BCUT2D eigenvalue weighted by molar-refractivity contribution is -0.120. The molecule has 0 bridgehead atoms. The topological polar surface area (TPSA) is 79.5 Å². The molecule has 1 aliphatic heterocycles. The molecule has 3 rings (SSSR count). The summed E-state index contributed by atoms with van der Waals surface area (Å²) in [7, 11) is 1.27. The van der Waals surface area contributed by atoms with Gasteiger partial charge in [-0.3, -0.25) is 4.79 Å². The van der Waals surface area contributed by atoms with E-state index in [0.717, 1.165) is 18.2 Å². The molecule has 0 aliphatic carbocycles. The molecule has 0 radical (unpaired) electrons. The molecule has 27 heavy (non-hydrogen) atoms. The van der Waals surface area contributed by atoms with Gasteiger partial charge in [-0.2, -0.15) is 0 Å². The maximum Gasteiger partial charge on any atom is 0.319 e. The van der Waals surface area contributed by atoms with Crippen LogP contribution >= 0.6 is 0 Å². The average molecular weight is 379 g/mol. The number of halogens is 3. The van der Waals surface area contributed by atoms with Crippen LogP contribution in [0.5, 0.6) is 5.75 Å². The summed E-state index contributed by atoms with van der Waals surface area (Å²) in [4.78, 5) is 24.2. The van der Waals surface area contributed by atoms with E-state index < -0.39 is 41.3 Å². The SMILES string of the molecule is COc1cc(F)c([C@@H]2CNC(=O)[C@H]2NC(=O)Nc2cccc(F)c2)c(F)c1. The minimum absolute atomic E-state index is 0.000566. The first-order valence-corrected chi connectivity index (χ1v) is 8.02. The number of benzene rings is 2. The Hall–Kier alpha value is -3.23. The van der Waals surface area contributed by atoms with Crippen molar-refractivity contribution in [2.24, 2.45) is 0 Å². The molecule has 1 aliphatic rings. The third-order valence-electron chi connectivity index (χ3n) is 4.21. The number of carbonyl (C=O) groups is 2. The van der Waals surface area contributed by atoms with Crippen LogP contribution in [0.25, 0.3) is 0 Å². The number of ether oxygens (including phenoxy) is 1. The van der Waals surface area contributed by atoms with Gasteiger partial charge in [0.15, 0.2) is 0 Å². The highest BCUT2D eigenvalue weighted by Crippen LogP contribution is 2.31. The molecule has 1 fully saturated rings. The molecule has 0 spiro atoms. The number of hydrogen-bond acceptors (Lipinski definition) is 3.